The van der Waals surface area contributed by atoms with E-state index in [-0.39, 0.29) is 35.7 Å². The minimum absolute atomic E-state index is 0.188. The van der Waals surface area contributed by atoms with Gasteiger partial charge in [0.25, 0.3) is 0 Å². The number of hydrogen-bond donors (Lipinski definition) is 0. The first-order valence-corrected chi connectivity index (χ1v) is 15.7. The molecule has 0 amide bonds. The number of methoxy groups -OCH3 is 2. The molecule has 2 rings (SSSR count). The monoisotopic (exact) mass is 638 g/mol. The Hall–Kier alpha value is -4.20. The van der Waals surface area contributed by atoms with Gasteiger partial charge in [-0.25, -0.2) is 9.59 Å². The number of rotatable bonds is 15. The molecule has 0 spiro atoms. The molecule has 0 N–H and O–H groups in total. The van der Waals surface area contributed by atoms with Crippen LogP contribution in [0.2, 0.25) is 0 Å². The van der Waals surface area contributed by atoms with E-state index in [1.165, 1.54) is 25.3 Å². The highest BCUT2D eigenvalue weighted by Gasteiger charge is 2.35. The molecule has 0 saturated heterocycles. The van der Waals surface area contributed by atoms with Crippen LogP contribution in [0.15, 0.2) is 85.5 Å². The molecule has 3 atom stereocenters. The third kappa shape index (κ3) is 16.2. The van der Waals surface area contributed by atoms with Gasteiger partial charge < -0.3 is 18.9 Å². The molecule has 46 heavy (non-hydrogen) atoms. The largest absolute Gasteiger partial charge is 0.469 e. The fourth-order valence-electron chi connectivity index (χ4n) is 4.36. The molecule has 2 aromatic rings. The number of ether oxygens (including phenoxy) is 4. The molecule has 8 heteroatoms. The van der Waals surface area contributed by atoms with Crippen molar-refractivity contribution in [2.24, 2.45) is 11.3 Å². The Morgan fingerprint density at radius 2 is 1.22 bits per heavy atom. The van der Waals surface area contributed by atoms with E-state index in [4.69, 9.17) is 14.2 Å². The van der Waals surface area contributed by atoms with Gasteiger partial charge in [0, 0.05) is 23.5 Å². The molecule has 254 valence electrons. The van der Waals surface area contributed by atoms with E-state index < -0.39 is 11.4 Å². The third-order valence-corrected chi connectivity index (χ3v) is 7.41. The molecule has 0 aliphatic heterocycles. The zero-order chi connectivity index (χ0) is 35.1. The highest BCUT2D eigenvalue weighted by Crippen LogP contribution is 2.30. The van der Waals surface area contributed by atoms with Crippen LogP contribution < -0.4 is 0 Å². The van der Waals surface area contributed by atoms with Gasteiger partial charge in [0.1, 0.15) is 0 Å². The van der Waals surface area contributed by atoms with E-state index in [9.17, 15) is 19.2 Å². The minimum Gasteiger partial charge on any atom is -0.469 e. The van der Waals surface area contributed by atoms with Gasteiger partial charge in [-0.3, -0.25) is 9.59 Å². The van der Waals surface area contributed by atoms with Crippen molar-refractivity contribution in [1.29, 1.82) is 0 Å². The predicted molar refractivity (Wildman–Crippen MR) is 182 cm³/mol. The summed E-state index contributed by atoms with van der Waals surface area (Å²) in [5, 5.41) is 0. The Bertz CT molecular complexity index is 1200. The van der Waals surface area contributed by atoms with Gasteiger partial charge in [-0.05, 0) is 57.6 Å². The van der Waals surface area contributed by atoms with Crippen LogP contribution in [0.25, 0.3) is 0 Å². The van der Waals surface area contributed by atoms with Crippen molar-refractivity contribution >= 4 is 23.9 Å². The van der Waals surface area contributed by atoms with Gasteiger partial charge in [-0.15, -0.1) is 0 Å². The molecule has 0 bridgehead atoms. The lowest BCUT2D eigenvalue weighted by molar-refractivity contribution is -0.157. The van der Waals surface area contributed by atoms with E-state index in [0.29, 0.717) is 31.6 Å². The number of carbonyl (C=O) groups is 4. The van der Waals surface area contributed by atoms with Gasteiger partial charge in [0.2, 0.25) is 0 Å². The molecule has 0 fully saturated rings. The molecular formula is C38H54O8. The van der Waals surface area contributed by atoms with E-state index in [1.54, 1.807) is 6.92 Å². The molecule has 0 aliphatic rings. The van der Waals surface area contributed by atoms with Gasteiger partial charge in [0.05, 0.1) is 38.8 Å². The SMILES string of the molecule is C=C(C)C(=O)OCC(CC)c1ccccc1.C=CC(=O)OC.CCC(CC(C)(C)C(=O)OCC(CC)c1ccccc1)C(=O)OC. The van der Waals surface area contributed by atoms with Crippen LogP contribution in [0.5, 0.6) is 0 Å². The van der Waals surface area contributed by atoms with E-state index in [0.717, 1.165) is 18.9 Å². The Morgan fingerprint density at radius 1 is 0.761 bits per heavy atom. The average Bonchev–Trinajstić information content (AvgIpc) is 3.08. The van der Waals surface area contributed by atoms with Gasteiger partial charge in [-0.1, -0.05) is 94.6 Å². The van der Waals surface area contributed by atoms with E-state index >= 15 is 0 Å². The molecule has 2 aromatic carbocycles. The average molecular weight is 639 g/mol. The lowest BCUT2D eigenvalue weighted by Gasteiger charge is -2.27. The van der Waals surface area contributed by atoms with Crippen molar-refractivity contribution in [3.05, 3.63) is 96.6 Å². The summed E-state index contributed by atoms with van der Waals surface area (Å²) in [7, 11) is 2.69. The van der Waals surface area contributed by atoms with Gasteiger partial charge in [0.15, 0.2) is 0 Å². The molecule has 0 radical (unpaired) electrons. The fraction of sp³-hybridized carbons (Fsp3) is 0.474. The molecular weight excluding hydrogens is 584 g/mol. The fourth-order valence-corrected chi connectivity index (χ4v) is 4.36. The zero-order valence-electron chi connectivity index (χ0n) is 29.0. The second-order valence-corrected chi connectivity index (χ2v) is 11.5. The highest BCUT2D eigenvalue weighted by atomic mass is 16.5. The number of benzene rings is 2. The molecule has 3 unspecified atom stereocenters. The van der Waals surface area contributed by atoms with Crippen molar-refractivity contribution in [3.63, 3.8) is 0 Å². The first kappa shape index (κ1) is 41.8. The summed E-state index contributed by atoms with van der Waals surface area (Å²) in [6, 6.07) is 20.2. The first-order valence-electron chi connectivity index (χ1n) is 15.7. The summed E-state index contributed by atoms with van der Waals surface area (Å²) in [6.07, 6.45) is 4.03. The highest BCUT2D eigenvalue weighted by molar-refractivity contribution is 5.87. The maximum absolute atomic E-state index is 12.5. The lowest BCUT2D eigenvalue weighted by atomic mass is 9.81. The van der Waals surface area contributed by atoms with Crippen LogP contribution in [-0.2, 0) is 38.1 Å². The van der Waals surface area contributed by atoms with Gasteiger partial charge >= 0.3 is 23.9 Å². The Balaban J connectivity index is 0.000000787. The lowest BCUT2D eigenvalue weighted by Crippen LogP contribution is -2.32. The van der Waals surface area contributed by atoms with Crippen LogP contribution in [0.4, 0.5) is 0 Å². The van der Waals surface area contributed by atoms with Crippen molar-refractivity contribution in [3.8, 4) is 0 Å². The van der Waals surface area contributed by atoms with Crippen LogP contribution in [0, 0.1) is 11.3 Å². The standard InChI is InChI=1S/C20H30O4.C14H18O2.C4H6O2/c1-6-15(18(21)23-5)13-20(3,4)19(22)24-14-16(7-2)17-11-9-8-10-12-17;1-4-12(10-16-14(15)11(2)3)13-8-6-5-7-9-13;1-3-4(5)6-2/h8-12,15-16H,6-7,13-14H2,1-5H3;5-9,12H,2,4,10H2,1,3H3;3H,1H2,2H3. The normalized spacial score (nSPS) is 12.3. The Morgan fingerprint density at radius 3 is 1.54 bits per heavy atom. The second-order valence-electron chi connectivity index (χ2n) is 11.5. The summed E-state index contributed by atoms with van der Waals surface area (Å²) in [5.41, 5.74) is 2.11. The van der Waals surface area contributed by atoms with Crippen LogP contribution in [-0.4, -0.2) is 51.3 Å². The number of esters is 4. The number of hydrogen-bond acceptors (Lipinski definition) is 8. The summed E-state index contributed by atoms with van der Waals surface area (Å²) >= 11 is 0. The molecule has 0 heterocycles. The summed E-state index contributed by atoms with van der Waals surface area (Å²) in [4.78, 5) is 45.4. The van der Waals surface area contributed by atoms with Crippen LogP contribution >= 0.6 is 0 Å². The maximum Gasteiger partial charge on any atom is 0.333 e. The summed E-state index contributed by atoms with van der Waals surface area (Å²) in [6.45, 7) is 18.9. The van der Waals surface area contributed by atoms with Crippen molar-refractivity contribution in [2.45, 2.75) is 79.1 Å². The van der Waals surface area contributed by atoms with E-state index in [2.05, 4.69) is 56.0 Å². The van der Waals surface area contributed by atoms with Crippen molar-refractivity contribution < 1.29 is 38.1 Å². The summed E-state index contributed by atoms with van der Waals surface area (Å²) in [5.74, 6) is -1.07. The topological polar surface area (TPSA) is 105 Å². The summed E-state index contributed by atoms with van der Waals surface area (Å²) < 4.78 is 19.7. The second kappa shape index (κ2) is 23.2. The molecule has 0 aliphatic carbocycles. The van der Waals surface area contributed by atoms with Crippen molar-refractivity contribution in [1.82, 2.24) is 0 Å². The quantitative estimate of drug-likeness (QED) is 0.110. The third-order valence-electron chi connectivity index (χ3n) is 7.41. The molecule has 8 nitrogen and oxygen atoms in total. The number of carbonyl (C=O) groups excluding carboxylic acids is 4. The molecule has 0 aromatic heterocycles. The Labute approximate surface area is 276 Å². The van der Waals surface area contributed by atoms with Crippen molar-refractivity contribution in [2.75, 3.05) is 27.4 Å². The predicted octanol–water partition coefficient (Wildman–Crippen LogP) is 7.98. The first-order chi connectivity index (χ1) is 21.8. The smallest absolute Gasteiger partial charge is 0.333 e. The van der Waals surface area contributed by atoms with Gasteiger partial charge in [-0.2, -0.15) is 0 Å². The van der Waals surface area contributed by atoms with Crippen LogP contribution in [0.3, 0.4) is 0 Å². The van der Waals surface area contributed by atoms with Crippen LogP contribution in [0.1, 0.15) is 90.2 Å². The molecule has 0 saturated carbocycles. The zero-order valence-corrected chi connectivity index (χ0v) is 29.0. The van der Waals surface area contributed by atoms with E-state index in [1.807, 2.05) is 57.2 Å². The Kier molecular flexibility index (Phi) is 21.1. The maximum atomic E-state index is 12.5. The minimum atomic E-state index is -0.718.